The third-order valence-electron chi connectivity index (χ3n) is 6.36. The first kappa shape index (κ1) is 28.3. The molecule has 0 spiro atoms. The number of rotatable bonds is 13. The SMILES string of the molecule is CC[C@H](C)NC(=O)[C@@H](Cc1ccccc1)N(Cc1ccc(C)cc1)C(=O)CCCOc1ccc(Cl)cc1. The minimum atomic E-state index is -0.623. The molecule has 2 amide bonds. The molecule has 6 heteroatoms. The fraction of sp³-hybridized carbons (Fsp3) is 0.355. The molecule has 0 aliphatic carbocycles. The van der Waals surface area contributed by atoms with E-state index in [0.29, 0.717) is 36.8 Å². The van der Waals surface area contributed by atoms with Crippen molar-refractivity contribution in [3.8, 4) is 5.75 Å². The summed E-state index contributed by atoms with van der Waals surface area (Å²) in [5.74, 6) is 0.514. The molecular weight excluding hydrogens is 484 g/mol. The summed E-state index contributed by atoms with van der Waals surface area (Å²) in [7, 11) is 0. The van der Waals surface area contributed by atoms with Crippen LogP contribution in [0.15, 0.2) is 78.9 Å². The predicted molar refractivity (Wildman–Crippen MR) is 150 cm³/mol. The minimum absolute atomic E-state index is 0.0230. The van der Waals surface area contributed by atoms with Gasteiger partial charge in [-0.3, -0.25) is 9.59 Å². The number of nitrogens with one attached hydrogen (secondary N) is 1. The molecule has 0 radical (unpaired) electrons. The maximum atomic E-state index is 13.6. The average Bonchev–Trinajstić information content (AvgIpc) is 2.91. The summed E-state index contributed by atoms with van der Waals surface area (Å²) in [5.41, 5.74) is 3.15. The quantitative estimate of drug-likeness (QED) is 0.267. The van der Waals surface area contributed by atoms with Gasteiger partial charge >= 0.3 is 0 Å². The van der Waals surface area contributed by atoms with Crippen LogP contribution in [-0.4, -0.2) is 35.4 Å². The first-order valence-corrected chi connectivity index (χ1v) is 13.3. The van der Waals surface area contributed by atoms with Crippen LogP contribution in [0.1, 0.15) is 49.8 Å². The van der Waals surface area contributed by atoms with Crippen molar-refractivity contribution < 1.29 is 14.3 Å². The Bertz CT molecular complexity index is 1120. The Labute approximate surface area is 225 Å². The first-order chi connectivity index (χ1) is 17.9. The van der Waals surface area contributed by atoms with E-state index in [1.165, 1.54) is 0 Å². The van der Waals surface area contributed by atoms with Crippen LogP contribution >= 0.6 is 11.6 Å². The van der Waals surface area contributed by atoms with E-state index in [0.717, 1.165) is 23.1 Å². The van der Waals surface area contributed by atoms with Gasteiger partial charge in [-0.15, -0.1) is 0 Å². The van der Waals surface area contributed by atoms with Crippen LogP contribution in [0.4, 0.5) is 0 Å². The van der Waals surface area contributed by atoms with E-state index < -0.39 is 6.04 Å². The van der Waals surface area contributed by atoms with Crippen molar-refractivity contribution in [3.63, 3.8) is 0 Å². The first-order valence-electron chi connectivity index (χ1n) is 12.9. The van der Waals surface area contributed by atoms with E-state index in [2.05, 4.69) is 5.32 Å². The summed E-state index contributed by atoms with van der Waals surface area (Å²) in [5, 5.41) is 3.75. The van der Waals surface area contributed by atoms with Crippen molar-refractivity contribution in [2.45, 2.75) is 65.1 Å². The topological polar surface area (TPSA) is 58.6 Å². The molecule has 2 atom stereocenters. The highest BCUT2D eigenvalue weighted by molar-refractivity contribution is 6.30. The monoisotopic (exact) mass is 520 g/mol. The van der Waals surface area contributed by atoms with E-state index >= 15 is 0 Å². The molecule has 0 fully saturated rings. The minimum Gasteiger partial charge on any atom is -0.494 e. The summed E-state index contributed by atoms with van der Waals surface area (Å²) in [6.45, 7) is 6.81. The van der Waals surface area contributed by atoms with E-state index in [9.17, 15) is 9.59 Å². The molecule has 0 saturated carbocycles. The molecule has 0 aliphatic heterocycles. The molecule has 37 heavy (non-hydrogen) atoms. The predicted octanol–water partition coefficient (Wildman–Crippen LogP) is 6.36. The second kappa shape index (κ2) is 14.4. The summed E-state index contributed by atoms with van der Waals surface area (Å²) in [6.07, 6.45) is 2.08. The van der Waals surface area contributed by atoms with Gasteiger partial charge in [-0.1, -0.05) is 78.7 Å². The van der Waals surface area contributed by atoms with Gasteiger partial charge in [0.05, 0.1) is 6.61 Å². The fourth-order valence-corrected chi connectivity index (χ4v) is 4.10. The van der Waals surface area contributed by atoms with Crippen molar-refractivity contribution >= 4 is 23.4 Å². The lowest BCUT2D eigenvalue weighted by Gasteiger charge is -2.32. The Kier molecular flexibility index (Phi) is 11.0. The number of hydrogen-bond donors (Lipinski definition) is 1. The summed E-state index contributed by atoms with van der Waals surface area (Å²) < 4.78 is 5.78. The molecule has 3 aromatic carbocycles. The number of aryl methyl sites for hydroxylation is 1. The maximum absolute atomic E-state index is 13.6. The highest BCUT2D eigenvalue weighted by atomic mass is 35.5. The van der Waals surface area contributed by atoms with Gasteiger partial charge in [0, 0.05) is 30.5 Å². The fourth-order valence-electron chi connectivity index (χ4n) is 3.97. The number of carbonyl (C=O) groups is 2. The Hall–Kier alpha value is -3.31. The number of hydrogen-bond acceptors (Lipinski definition) is 3. The summed E-state index contributed by atoms with van der Waals surface area (Å²) in [4.78, 5) is 28.9. The molecule has 0 saturated heterocycles. The van der Waals surface area contributed by atoms with Gasteiger partial charge in [0.2, 0.25) is 11.8 Å². The van der Waals surface area contributed by atoms with E-state index in [-0.39, 0.29) is 24.3 Å². The zero-order chi connectivity index (χ0) is 26.6. The number of ether oxygens (including phenoxy) is 1. The Balaban J connectivity index is 1.78. The van der Waals surface area contributed by atoms with Crippen molar-refractivity contribution in [2.24, 2.45) is 0 Å². The molecule has 196 valence electrons. The van der Waals surface area contributed by atoms with Crippen LogP contribution in [0, 0.1) is 6.92 Å². The molecular formula is C31H37ClN2O3. The number of amides is 2. The largest absolute Gasteiger partial charge is 0.494 e. The smallest absolute Gasteiger partial charge is 0.243 e. The van der Waals surface area contributed by atoms with Crippen LogP contribution in [0.25, 0.3) is 0 Å². The van der Waals surface area contributed by atoms with Gasteiger partial charge in [0.1, 0.15) is 11.8 Å². The second-order valence-electron chi connectivity index (χ2n) is 9.44. The van der Waals surface area contributed by atoms with Gasteiger partial charge in [-0.05, 0) is 62.1 Å². The van der Waals surface area contributed by atoms with Crippen LogP contribution in [0.2, 0.25) is 5.02 Å². The van der Waals surface area contributed by atoms with Gasteiger partial charge in [0.25, 0.3) is 0 Å². The van der Waals surface area contributed by atoms with Gasteiger partial charge in [0.15, 0.2) is 0 Å². The van der Waals surface area contributed by atoms with Crippen molar-refractivity contribution in [1.29, 1.82) is 0 Å². The third-order valence-corrected chi connectivity index (χ3v) is 6.61. The number of halogens is 1. The molecule has 3 aromatic rings. The summed E-state index contributed by atoms with van der Waals surface area (Å²) >= 11 is 5.94. The molecule has 3 rings (SSSR count). The number of carbonyl (C=O) groups excluding carboxylic acids is 2. The normalized spacial score (nSPS) is 12.4. The number of nitrogens with zero attached hydrogens (tertiary/aromatic N) is 1. The van der Waals surface area contributed by atoms with Gasteiger partial charge in [-0.25, -0.2) is 0 Å². The zero-order valence-corrected chi connectivity index (χ0v) is 22.7. The highest BCUT2D eigenvalue weighted by Gasteiger charge is 2.30. The maximum Gasteiger partial charge on any atom is 0.243 e. The van der Waals surface area contributed by atoms with E-state index in [1.807, 2.05) is 87.5 Å². The number of benzene rings is 3. The van der Waals surface area contributed by atoms with Crippen molar-refractivity contribution in [2.75, 3.05) is 6.61 Å². The Morgan fingerprint density at radius 1 is 0.946 bits per heavy atom. The molecule has 0 aromatic heterocycles. The summed E-state index contributed by atoms with van der Waals surface area (Å²) in [6, 6.07) is 24.5. The van der Waals surface area contributed by atoms with Crippen molar-refractivity contribution in [3.05, 3.63) is 101 Å². The Morgan fingerprint density at radius 2 is 1.62 bits per heavy atom. The highest BCUT2D eigenvalue weighted by Crippen LogP contribution is 2.19. The standard InChI is InChI=1S/C31H37ClN2O3/c1-4-24(3)33-31(36)29(21-25-9-6-5-7-10-25)34(22-26-14-12-23(2)13-15-26)30(35)11-8-20-37-28-18-16-27(32)17-19-28/h5-7,9-10,12-19,24,29H,4,8,11,20-22H2,1-3H3,(H,33,36)/t24-,29+/m0/s1. The van der Waals surface area contributed by atoms with Crippen LogP contribution in [0.5, 0.6) is 5.75 Å². The Morgan fingerprint density at radius 3 is 2.27 bits per heavy atom. The molecule has 0 heterocycles. The lowest BCUT2D eigenvalue weighted by molar-refractivity contribution is -0.141. The van der Waals surface area contributed by atoms with Crippen LogP contribution in [-0.2, 0) is 22.6 Å². The van der Waals surface area contributed by atoms with Gasteiger partial charge < -0.3 is 15.0 Å². The molecule has 1 N–H and O–H groups in total. The average molecular weight is 521 g/mol. The van der Waals surface area contributed by atoms with Gasteiger partial charge in [-0.2, -0.15) is 0 Å². The third kappa shape index (κ3) is 9.25. The molecule has 5 nitrogen and oxygen atoms in total. The van der Waals surface area contributed by atoms with Crippen molar-refractivity contribution in [1.82, 2.24) is 10.2 Å². The van der Waals surface area contributed by atoms with E-state index in [1.54, 1.807) is 17.0 Å². The van der Waals surface area contributed by atoms with E-state index in [4.69, 9.17) is 16.3 Å². The lowest BCUT2D eigenvalue weighted by Crippen LogP contribution is -2.52. The lowest BCUT2D eigenvalue weighted by atomic mass is 10.0. The molecule has 0 unspecified atom stereocenters. The van der Waals surface area contributed by atoms with Crippen LogP contribution in [0.3, 0.4) is 0 Å². The zero-order valence-electron chi connectivity index (χ0n) is 22.0. The van der Waals surface area contributed by atoms with Crippen LogP contribution < -0.4 is 10.1 Å². The second-order valence-corrected chi connectivity index (χ2v) is 9.87. The molecule has 0 aliphatic rings. The molecule has 0 bridgehead atoms.